The van der Waals surface area contributed by atoms with Crippen LogP contribution in [0.4, 0.5) is 5.69 Å². The van der Waals surface area contributed by atoms with E-state index in [0.29, 0.717) is 10.7 Å². The first-order chi connectivity index (χ1) is 9.29. The van der Waals surface area contributed by atoms with E-state index in [-0.39, 0.29) is 4.90 Å². The zero-order valence-electron chi connectivity index (χ0n) is 11.6. The lowest BCUT2D eigenvalue weighted by atomic mass is 10.1. The van der Waals surface area contributed by atoms with Crippen LogP contribution in [0, 0.1) is 20.8 Å². The van der Waals surface area contributed by atoms with Gasteiger partial charge in [0.05, 0.1) is 10.6 Å². The number of hydrogen-bond donors (Lipinski definition) is 1. The van der Waals surface area contributed by atoms with Crippen LogP contribution in [0.1, 0.15) is 16.7 Å². The Morgan fingerprint density at radius 3 is 2.20 bits per heavy atom. The van der Waals surface area contributed by atoms with Gasteiger partial charge in [-0.3, -0.25) is 4.72 Å². The predicted octanol–water partition coefficient (Wildman–Crippen LogP) is 4.07. The number of rotatable bonds is 3. The smallest absolute Gasteiger partial charge is 0.261 e. The molecule has 1 N–H and O–H groups in total. The van der Waals surface area contributed by atoms with Crippen LogP contribution < -0.4 is 4.72 Å². The van der Waals surface area contributed by atoms with Crippen molar-refractivity contribution in [2.45, 2.75) is 25.7 Å². The van der Waals surface area contributed by atoms with Gasteiger partial charge in [-0.15, -0.1) is 0 Å². The molecule has 0 fully saturated rings. The number of sulfonamides is 1. The molecule has 0 bridgehead atoms. The summed E-state index contributed by atoms with van der Waals surface area (Å²) in [4.78, 5) is 0.259. The Kier molecular flexibility index (Phi) is 4.06. The summed E-state index contributed by atoms with van der Waals surface area (Å²) in [6.07, 6.45) is 0. The molecule has 0 aliphatic heterocycles. The zero-order valence-corrected chi connectivity index (χ0v) is 13.1. The van der Waals surface area contributed by atoms with Gasteiger partial charge in [-0.05, 0) is 67.8 Å². The first-order valence-corrected chi connectivity index (χ1v) is 8.02. The van der Waals surface area contributed by atoms with E-state index in [0.717, 1.165) is 16.7 Å². The molecule has 0 spiro atoms. The van der Waals surface area contributed by atoms with E-state index in [4.69, 9.17) is 11.6 Å². The van der Waals surface area contributed by atoms with Gasteiger partial charge in [-0.25, -0.2) is 8.42 Å². The highest BCUT2D eigenvalue weighted by atomic mass is 35.5. The summed E-state index contributed by atoms with van der Waals surface area (Å²) in [6.45, 7) is 5.65. The van der Waals surface area contributed by atoms with Crippen LogP contribution in [-0.4, -0.2) is 8.42 Å². The first kappa shape index (κ1) is 14.9. The predicted molar refractivity (Wildman–Crippen MR) is 82.9 cm³/mol. The third-order valence-corrected chi connectivity index (χ3v) is 4.82. The van der Waals surface area contributed by atoms with Crippen molar-refractivity contribution in [3.05, 3.63) is 58.1 Å². The topological polar surface area (TPSA) is 46.2 Å². The quantitative estimate of drug-likeness (QED) is 0.929. The summed E-state index contributed by atoms with van der Waals surface area (Å²) >= 11 is 5.87. The minimum Gasteiger partial charge on any atom is -0.279 e. The molecule has 3 nitrogen and oxygen atoms in total. The maximum absolute atomic E-state index is 12.4. The molecule has 0 heterocycles. The number of benzene rings is 2. The summed E-state index contributed by atoms with van der Waals surface area (Å²) in [5.41, 5.74) is 3.32. The van der Waals surface area contributed by atoms with Gasteiger partial charge in [0.15, 0.2) is 0 Å². The van der Waals surface area contributed by atoms with Crippen molar-refractivity contribution >= 4 is 27.3 Å². The molecule has 2 aromatic carbocycles. The Balaban J connectivity index is 2.38. The third kappa shape index (κ3) is 3.14. The molecule has 0 amide bonds. The molecule has 0 radical (unpaired) electrons. The van der Waals surface area contributed by atoms with Gasteiger partial charge in [-0.2, -0.15) is 0 Å². The number of nitrogens with one attached hydrogen (secondary N) is 1. The van der Waals surface area contributed by atoms with Crippen LogP contribution in [0.3, 0.4) is 0 Å². The highest BCUT2D eigenvalue weighted by Gasteiger charge is 2.15. The van der Waals surface area contributed by atoms with E-state index < -0.39 is 10.0 Å². The summed E-state index contributed by atoms with van der Waals surface area (Å²) in [6, 6.07) is 10.1. The molecular formula is C15H16ClNO2S. The fourth-order valence-electron chi connectivity index (χ4n) is 1.83. The van der Waals surface area contributed by atoms with Crippen molar-refractivity contribution in [2.75, 3.05) is 4.72 Å². The summed E-state index contributed by atoms with van der Waals surface area (Å²) in [5.74, 6) is 0. The minimum atomic E-state index is -3.58. The van der Waals surface area contributed by atoms with Crippen molar-refractivity contribution in [2.24, 2.45) is 0 Å². The van der Waals surface area contributed by atoms with E-state index in [1.807, 2.05) is 20.8 Å². The van der Waals surface area contributed by atoms with Crippen LogP contribution in [0.5, 0.6) is 0 Å². The summed E-state index contributed by atoms with van der Waals surface area (Å²) in [7, 11) is -3.58. The lowest BCUT2D eigenvalue weighted by molar-refractivity contribution is 0.601. The number of halogens is 1. The molecular weight excluding hydrogens is 294 g/mol. The molecule has 0 aromatic heterocycles. The Morgan fingerprint density at radius 2 is 1.60 bits per heavy atom. The van der Waals surface area contributed by atoms with Crippen LogP contribution in [0.2, 0.25) is 5.02 Å². The van der Waals surface area contributed by atoms with Gasteiger partial charge in [0.2, 0.25) is 0 Å². The van der Waals surface area contributed by atoms with Gasteiger partial charge >= 0.3 is 0 Å². The van der Waals surface area contributed by atoms with Crippen molar-refractivity contribution in [3.63, 3.8) is 0 Å². The summed E-state index contributed by atoms with van der Waals surface area (Å²) < 4.78 is 27.3. The molecule has 20 heavy (non-hydrogen) atoms. The monoisotopic (exact) mass is 309 g/mol. The maximum Gasteiger partial charge on any atom is 0.261 e. The normalized spacial score (nSPS) is 11.4. The average Bonchev–Trinajstić information content (AvgIpc) is 2.36. The highest BCUT2D eigenvalue weighted by molar-refractivity contribution is 7.92. The average molecular weight is 310 g/mol. The SMILES string of the molecule is Cc1ccc(S(=O)(=O)Nc2ccc(Cl)cc2C)cc1C. The molecule has 0 unspecified atom stereocenters. The van der Waals surface area contributed by atoms with E-state index in [1.165, 1.54) is 0 Å². The van der Waals surface area contributed by atoms with Crippen LogP contribution >= 0.6 is 11.6 Å². The Bertz CT molecular complexity index is 754. The van der Waals surface area contributed by atoms with E-state index in [2.05, 4.69) is 4.72 Å². The molecule has 2 rings (SSSR count). The number of hydrogen-bond acceptors (Lipinski definition) is 2. The largest absolute Gasteiger partial charge is 0.279 e. The Morgan fingerprint density at radius 1 is 0.900 bits per heavy atom. The minimum absolute atomic E-state index is 0.259. The van der Waals surface area contributed by atoms with Crippen molar-refractivity contribution in [1.82, 2.24) is 0 Å². The fraction of sp³-hybridized carbons (Fsp3) is 0.200. The fourth-order valence-corrected chi connectivity index (χ4v) is 3.27. The molecule has 2 aromatic rings. The molecule has 5 heteroatoms. The Hall–Kier alpha value is -1.52. The molecule has 106 valence electrons. The van der Waals surface area contributed by atoms with Gasteiger partial charge in [0.25, 0.3) is 10.0 Å². The lowest BCUT2D eigenvalue weighted by Gasteiger charge is -2.12. The standard InChI is InChI=1S/C15H16ClNO2S/c1-10-4-6-14(9-11(10)2)20(18,19)17-15-7-5-13(16)8-12(15)3/h4-9,17H,1-3H3. The second kappa shape index (κ2) is 5.46. The van der Waals surface area contributed by atoms with Gasteiger partial charge in [-0.1, -0.05) is 17.7 Å². The molecule has 0 saturated carbocycles. The summed E-state index contributed by atoms with van der Waals surface area (Å²) in [5, 5.41) is 0.580. The third-order valence-electron chi connectivity index (χ3n) is 3.22. The van der Waals surface area contributed by atoms with Crippen LogP contribution in [-0.2, 0) is 10.0 Å². The van der Waals surface area contributed by atoms with E-state index in [1.54, 1.807) is 36.4 Å². The molecule has 0 saturated heterocycles. The molecule has 0 atom stereocenters. The van der Waals surface area contributed by atoms with Crippen LogP contribution in [0.15, 0.2) is 41.3 Å². The van der Waals surface area contributed by atoms with Crippen molar-refractivity contribution < 1.29 is 8.42 Å². The van der Waals surface area contributed by atoms with Gasteiger partial charge in [0.1, 0.15) is 0 Å². The van der Waals surface area contributed by atoms with Crippen molar-refractivity contribution in [1.29, 1.82) is 0 Å². The zero-order chi connectivity index (χ0) is 14.9. The highest BCUT2D eigenvalue weighted by Crippen LogP contribution is 2.23. The second-order valence-electron chi connectivity index (χ2n) is 4.81. The van der Waals surface area contributed by atoms with Crippen molar-refractivity contribution in [3.8, 4) is 0 Å². The lowest BCUT2D eigenvalue weighted by Crippen LogP contribution is -2.14. The molecule has 0 aliphatic carbocycles. The van der Waals surface area contributed by atoms with E-state index >= 15 is 0 Å². The number of anilines is 1. The first-order valence-electron chi connectivity index (χ1n) is 6.16. The molecule has 0 aliphatic rings. The van der Waals surface area contributed by atoms with Gasteiger partial charge in [0, 0.05) is 5.02 Å². The number of aryl methyl sites for hydroxylation is 3. The maximum atomic E-state index is 12.4. The van der Waals surface area contributed by atoms with E-state index in [9.17, 15) is 8.42 Å². The van der Waals surface area contributed by atoms with Crippen LogP contribution in [0.25, 0.3) is 0 Å². The Labute approximate surface area is 124 Å². The van der Waals surface area contributed by atoms with Gasteiger partial charge < -0.3 is 0 Å². The second-order valence-corrected chi connectivity index (χ2v) is 6.93.